The normalized spacial score (nSPS) is 22.2. The van der Waals surface area contributed by atoms with Crippen molar-refractivity contribution in [1.82, 2.24) is 19.4 Å². The SMILES string of the molecule is Nc1ncnc2c1c(C1=C(Cl)C(Cl)(c3ccccc3F)C(S(N)(=O)=O)C=C1)cn2C1CCN(Cc2ccccc2)CC1. The largest absolute Gasteiger partial charge is 0.383 e. The van der Waals surface area contributed by atoms with Crippen LogP contribution in [0.25, 0.3) is 16.6 Å². The number of alkyl halides is 1. The molecule has 1 fully saturated rings. The van der Waals surface area contributed by atoms with Crippen molar-refractivity contribution in [2.24, 2.45) is 5.14 Å². The van der Waals surface area contributed by atoms with E-state index in [1.165, 1.54) is 36.2 Å². The molecule has 1 saturated heterocycles. The summed E-state index contributed by atoms with van der Waals surface area (Å²) in [6.07, 6.45) is 7.98. The molecule has 4 aromatic rings. The van der Waals surface area contributed by atoms with Gasteiger partial charge in [-0.05, 0) is 24.5 Å². The standard InChI is InChI=1S/C30H29Cl2FN6O2S/c31-27-21(10-11-25(42(35,40)41)30(27,32)23-8-4-5-9-24(23)33)22-17-39(29-26(22)28(34)36-18-37-29)20-12-14-38(15-13-20)16-19-6-2-1-3-7-19/h1-11,17-18,20,25H,12-16H2,(H2,34,36,37)(H2,35,40,41). The van der Waals surface area contributed by atoms with Gasteiger partial charge in [-0.2, -0.15) is 0 Å². The average Bonchev–Trinajstić information content (AvgIpc) is 3.36. The van der Waals surface area contributed by atoms with Gasteiger partial charge in [0.05, 0.1) is 10.4 Å². The lowest BCUT2D eigenvalue weighted by Crippen LogP contribution is -2.45. The van der Waals surface area contributed by atoms with E-state index in [4.69, 9.17) is 34.1 Å². The number of piperidine rings is 1. The fourth-order valence-electron chi connectivity index (χ4n) is 6.07. The Kier molecular flexibility index (Phi) is 7.61. The van der Waals surface area contributed by atoms with Gasteiger partial charge in [0.2, 0.25) is 10.0 Å². The van der Waals surface area contributed by atoms with E-state index < -0.39 is 26.0 Å². The highest BCUT2D eigenvalue weighted by Gasteiger charge is 2.50. The summed E-state index contributed by atoms with van der Waals surface area (Å²) in [6.45, 7) is 2.67. The number of nitrogens with zero attached hydrogens (tertiary/aromatic N) is 4. The smallest absolute Gasteiger partial charge is 0.218 e. The van der Waals surface area contributed by atoms with E-state index >= 15 is 4.39 Å². The molecule has 6 rings (SSSR count). The summed E-state index contributed by atoms with van der Waals surface area (Å²) in [7, 11) is -4.29. The van der Waals surface area contributed by atoms with Gasteiger partial charge in [0, 0.05) is 48.6 Å². The van der Waals surface area contributed by atoms with Crippen molar-refractivity contribution < 1.29 is 12.8 Å². The van der Waals surface area contributed by atoms with E-state index in [9.17, 15) is 8.42 Å². The Morgan fingerprint density at radius 1 is 1.05 bits per heavy atom. The highest BCUT2D eigenvalue weighted by molar-refractivity contribution is 7.90. The van der Waals surface area contributed by atoms with Crippen LogP contribution in [0.3, 0.4) is 0 Å². The molecule has 2 aromatic carbocycles. The number of hydrogen-bond donors (Lipinski definition) is 2. The first-order chi connectivity index (χ1) is 20.1. The Morgan fingerprint density at radius 2 is 1.74 bits per heavy atom. The quantitative estimate of drug-likeness (QED) is 0.280. The van der Waals surface area contributed by atoms with Gasteiger partial charge in [0.1, 0.15) is 33.7 Å². The van der Waals surface area contributed by atoms with Gasteiger partial charge in [-0.1, -0.05) is 72.3 Å². The van der Waals surface area contributed by atoms with Crippen molar-refractivity contribution >= 4 is 55.6 Å². The molecule has 2 atom stereocenters. The molecule has 42 heavy (non-hydrogen) atoms. The van der Waals surface area contributed by atoms with Crippen molar-refractivity contribution in [1.29, 1.82) is 0 Å². The fourth-order valence-corrected chi connectivity index (χ4v) is 8.21. The number of sulfonamides is 1. The second-order valence-corrected chi connectivity index (χ2v) is 13.3. The van der Waals surface area contributed by atoms with Crippen LogP contribution in [0.2, 0.25) is 0 Å². The summed E-state index contributed by atoms with van der Waals surface area (Å²) in [5.74, 6) is -0.471. The molecule has 0 amide bonds. The third kappa shape index (κ3) is 5.01. The highest BCUT2D eigenvalue weighted by Crippen LogP contribution is 2.52. The number of anilines is 1. The maximum Gasteiger partial charge on any atom is 0.218 e. The van der Waals surface area contributed by atoms with Crippen molar-refractivity contribution in [3.05, 3.63) is 107 Å². The van der Waals surface area contributed by atoms with Gasteiger partial charge < -0.3 is 10.3 Å². The third-order valence-electron chi connectivity index (χ3n) is 8.13. The molecule has 2 aliphatic rings. The molecule has 3 heterocycles. The molecule has 0 bridgehead atoms. The van der Waals surface area contributed by atoms with Crippen molar-refractivity contribution in [2.45, 2.75) is 35.6 Å². The van der Waals surface area contributed by atoms with E-state index in [0.717, 1.165) is 32.5 Å². The number of primary sulfonamides is 1. The van der Waals surface area contributed by atoms with Crippen molar-refractivity contribution in [3.8, 4) is 0 Å². The fraction of sp³-hybridized carbons (Fsp3) is 0.267. The Morgan fingerprint density at radius 3 is 2.43 bits per heavy atom. The summed E-state index contributed by atoms with van der Waals surface area (Å²) >= 11 is 14.1. The molecule has 2 unspecified atom stereocenters. The Bertz CT molecular complexity index is 1820. The molecule has 2 aromatic heterocycles. The molecular formula is C30H29Cl2FN6O2S. The lowest BCUT2D eigenvalue weighted by molar-refractivity contribution is 0.181. The average molecular weight is 628 g/mol. The number of hydrogen-bond acceptors (Lipinski definition) is 6. The molecule has 0 saturated carbocycles. The molecule has 218 valence electrons. The highest BCUT2D eigenvalue weighted by atomic mass is 35.5. The first kappa shape index (κ1) is 28.8. The van der Waals surface area contributed by atoms with Crippen LogP contribution in [0.15, 0.2) is 84.3 Å². The molecule has 1 aliphatic carbocycles. The van der Waals surface area contributed by atoms with Crippen LogP contribution in [0.4, 0.5) is 10.2 Å². The number of nitrogen functional groups attached to an aromatic ring is 1. The number of fused-ring (bicyclic) bond motifs is 1. The summed E-state index contributed by atoms with van der Waals surface area (Å²) in [4.78, 5) is 9.19. The number of rotatable bonds is 6. The van der Waals surface area contributed by atoms with Crippen LogP contribution in [-0.4, -0.2) is 46.2 Å². The number of likely N-dealkylation sites (tertiary alicyclic amines) is 1. The van der Waals surface area contributed by atoms with Crippen LogP contribution >= 0.6 is 23.2 Å². The first-order valence-corrected chi connectivity index (χ1v) is 15.9. The Labute approximate surface area is 253 Å². The second kappa shape index (κ2) is 11.1. The van der Waals surface area contributed by atoms with E-state index in [1.54, 1.807) is 12.1 Å². The number of halogens is 3. The van der Waals surface area contributed by atoms with Gasteiger partial charge in [0.25, 0.3) is 0 Å². The minimum Gasteiger partial charge on any atom is -0.383 e. The minimum atomic E-state index is -4.29. The summed E-state index contributed by atoms with van der Waals surface area (Å²) < 4.78 is 42.6. The Balaban J connectivity index is 1.42. The van der Waals surface area contributed by atoms with Crippen molar-refractivity contribution in [3.63, 3.8) is 0 Å². The van der Waals surface area contributed by atoms with E-state index in [-0.39, 0.29) is 22.5 Å². The van der Waals surface area contributed by atoms with Gasteiger partial charge in [-0.15, -0.1) is 11.6 Å². The number of aromatic nitrogens is 3. The summed E-state index contributed by atoms with van der Waals surface area (Å²) in [5, 5.41) is 4.53. The van der Waals surface area contributed by atoms with Crippen LogP contribution in [0.5, 0.6) is 0 Å². The maximum absolute atomic E-state index is 15.1. The molecule has 4 N–H and O–H groups in total. The summed E-state index contributed by atoms with van der Waals surface area (Å²) in [6, 6.07) is 16.1. The molecule has 12 heteroatoms. The number of benzene rings is 2. The minimum absolute atomic E-state index is 0.0872. The van der Waals surface area contributed by atoms with Gasteiger partial charge in [-0.3, -0.25) is 4.90 Å². The molecule has 1 aliphatic heterocycles. The van der Waals surface area contributed by atoms with Crippen molar-refractivity contribution in [2.75, 3.05) is 18.8 Å². The second-order valence-electron chi connectivity index (χ2n) is 10.7. The van der Waals surface area contributed by atoms with Crippen LogP contribution in [0.1, 0.15) is 35.6 Å². The van der Waals surface area contributed by atoms with Gasteiger partial charge in [-0.25, -0.2) is 27.9 Å². The first-order valence-electron chi connectivity index (χ1n) is 13.5. The maximum atomic E-state index is 15.1. The van der Waals surface area contributed by atoms with Gasteiger partial charge in [0.15, 0.2) is 0 Å². The molecular weight excluding hydrogens is 598 g/mol. The zero-order valence-corrected chi connectivity index (χ0v) is 24.8. The zero-order chi connectivity index (χ0) is 29.6. The van der Waals surface area contributed by atoms with Gasteiger partial charge >= 0.3 is 0 Å². The zero-order valence-electron chi connectivity index (χ0n) is 22.5. The predicted molar refractivity (Wildman–Crippen MR) is 165 cm³/mol. The number of allylic oxidation sites excluding steroid dienone is 3. The van der Waals surface area contributed by atoms with E-state index in [1.807, 2.05) is 24.4 Å². The molecule has 0 radical (unpaired) electrons. The Hall–Kier alpha value is -3.28. The van der Waals surface area contributed by atoms with E-state index in [2.05, 4.69) is 31.6 Å². The molecule has 8 nitrogen and oxygen atoms in total. The van der Waals surface area contributed by atoms with E-state index in [0.29, 0.717) is 22.2 Å². The van der Waals surface area contributed by atoms with Crippen LogP contribution in [-0.2, 0) is 21.4 Å². The lowest BCUT2D eigenvalue weighted by atomic mass is 9.85. The third-order valence-corrected chi connectivity index (χ3v) is 10.7. The van der Waals surface area contributed by atoms with Crippen LogP contribution < -0.4 is 10.9 Å². The molecule has 0 spiro atoms. The predicted octanol–water partition coefficient (Wildman–Crippen LogP) is 5.30. The monoisotopic (exact) mass is 626 g/mol. The summed E-state index contributed by atoms with van der Waals surface area (Å²) in [5.41, 5.74) is 9.15. The lowest BCUT2D eigenvalue weighted by Gasteiger charge is -2.36. The topological polar surface area (TPSA) is 120 Å². The number of nitrogens with two attached hydrogens (primary N) is 2. The van der Waals surface area contributed by atoms with Crippen LogP contribution in [0, 0.1) is 5.82 Å².